The predicted octanol–water partition coefficient (Wildman–Crippen LogP) is 4.84. The largest absolute Gasteiger partial charge is 0.497 e. The summed E-state index contributed by atoms with van der Waals surface area (Å²) in [5, 5.41) is 8.34. The first kappa shape index (κ1) is 24.0. The number of furan rings is 1. The summed E-state index contributed by atoms with van der Waals surface area (Å²) in [5.41, 5.74) is 2.11. The van der Waals surface area contributed by atoms with Crippen molar-refractivity contribution in [1.29, 1.82) is 0 Å². The molecular weight excluding hydrogens is 464 g/mol. The molecule has 2 N–H and O–H groups in total. The van der Waals surface area contributed by atoms with E-state index in [-0.39, 0.29) is 24.8 Å². The van der Waals surface area contributed by atoms with Crippen molar-refractivity contribution in [3.8, 4) is 5.75 Å². The lowest BCUT2D eigenvalue weighted by atomic mass is 10.2. The molecule has 9 heteroatoms. The zero-order chi connectivity index (χ0) is 24.5. The van der Waals surface area contributed by atoms with Gasteiger partial charge in [0.15, 0.2) is 5.13 Å². The number of nitrogens with one attached hydrogen (secondary N) is 2. The number of hydrogen-bond acceptors (Lipinski definition) is 7. The van der Waals surface area contributed by atoms with E-state index in [1.807, 2.05) is 54.6 Å². The maximum absolute atomic E-state index is 13.3. The molecule has 0 spiro atoms. The van der Waals surface area contributed by atoms with E-state index in [0.717, 1.165) is 17.0 Å². The number of benzene rings is 2. The second-order valence-corrected chi connectivity index (χ2v) is 8.57. The minimum absolute atomic E-state index is 0.161. The van der Waals surface area contributed by atoms with Crippen LogP contribution in [0.2, 0.25) is 0 Å². The lowest BCUT2D eigenvalue weighted by molar-refractivity contribution is -0.121. The molecule has 0 aliphatic carbocycles. The second-order valence-electron chi connectivity index (χ2n) is 7.71. The molecule has 0 radical (unpaired) electrons. The molecule has 2 aromatic carbocycles. The second kappa shape index (κ2) is 11.8. The van der Waals surface area contributed by atoms with Crippen LogP contribution in [0.3, 0.4) is 0 Å². The molecule has 0 atom stereocenters. The summed E-state index contributed by atoms with van der Waals surface area (Å²) in [6.45, 7) is 0.944. The van der Waals surface area contributed by atoms with Crippen LogP contribution in [-0.2, 0) is 17.9 Å². The van der Waals surface area contributed by atoms with Crippen molar-refractivity contribution in [3.05, 3.63) is 95.4 Å². The Morgan fingerprint density at radius 2 is 1.94 bits per heavy atom. The summed E-state index contributed by atoms with van der Waals surface area (Å²) in [5.74, 6) is 1.00. The van der Waals surface area contributed by atoms with Crippen LogP contribution < -0.4 is 15.4 Å². The number of carbonyl (C=O) groups excluding carboxylic acids is 2. The van der Waals surface area contributed by atoms with E-state index >= 15 is 0 Å². The van der Waals surface area contributed by atoms with Crippen molar-refractivity contribution in [2.45, 2.75) is 19.5 Å². The van der Waals surface area contributed by atoms with Crippen LogP contribution in [-0.4, -0.2) is 35.4 Å². The Labute approximate surface area is 207 Å². The number of amides is 2. The molecule has 2 aromatic heterocycles. The molecule has 0 bridgehead atoms. The molecular formula is C26H26N4O4S. The van der Waals surface area contributed by atoms with E-state index < -0.39 is 0 Å². The van der Waals surface area contributed by atoms with Gasteiger partial charge >= 0.3 is 0 Å². The highest BCUT2D eigenvalue weighted by atomic mass is 32.1. The van der Waals surface area contributed by atoms with Crippen LogP contribution in [0.1, 0.15) is 28.2 Å². The molecule has 0 aliphatic heterocycles. The molecule has 4 rings (SSSR count). The number of methoxy groups -OCH3 is 1. The topological polar surface area (TPSA) is 96.7 Å². The van der Waals surface area contributed by atoms with Crippen LogP contribution in [0.5, 0.6) is 5.75 Å². The van der Waals surface area contributed by atoms with Gasteiger partial charge in [-0.25, -0.2) is 4.98 Å². The predicted molar refractivity (Wildman–Crippen MR) is 135 cm³/mol. The van der Waals surface area contributed by atoms with E-state index in [2.05, 4.69) is 15.6 Å². The lowest BCUT2D eigenvalue weighted by Crippen LogP contribution is -2.35. The van der Waals surface area contributed by atoms with Crippen molar-refractivity contribution < 1.29 is 18.7 Å². The Bertz CT molecular complexity index is 1240. The highest BCUT2D eigenvalue weighted by molar-refractivity contribution is 7.14. The van der Waals surface area contributed by atoms with Gasteiger partial charge in [0.1, 0.15) is 17.2 Å². The molecule has 2 heterocycles. The molecule has 0 fully saturated rings. The third kappa shape index (κ3) is 6.94. The SMILES string of the molecule is COc1cccc(Nc2nc(C(=O)N(CCC(=O)NCc3ccco3)Cc3ccccc3)cs2)c1. The Balaban J connectivity index is 1.42. The molecule has 0 unspecified atom stereocenters. The van der Waals surface area contributed by atoms with Gasteiger partial charge < -0.3 is 24.7 Å². The monoisotopic (exact) mass is 490 g/mol. The van der Waals surface area contributed by atoms with E-state index in [4.69, 9.17) is 9.15 Å². The Hall–Kier alpha value is -4.11. The smallest absolute Gasteiger partial charge is 0.273 e. The molecule has 180 valence electrons. The van der Waals surface area contributed by atoms with Gasteiger partial charge in [0, 0.05) is 36.6 Å². The summed E-state index contributed by atoms with van der Waals surface area (Å²) in [7, 11) is 1.61. The zero-order valence-corrected chi connectivity index (χ0v) is 20.1. The number of thiazole rings is 1. The molecule has 2 amide bonds. The van der Waals surface area contributed by atoms with Gasteiger partial charge in [-0.3, -0.25) is 9.59 Å². The Kier molecular flexibility index (Phi) is 8.13. The van der Waals surface area contributed by atoms with Gasteiger partial charge in [0.05, 0.1) is 19.9 Å². The van der Waals surface area contributed by atoms with Gasteiger partial charge in [-0.05, 0) is 29.8 Å². The fourth-order valence-corrected chi connectivity index (χ4v) is 4.10. The quantitative estimate of drug-likeness (QED) is 0.312. The first-order valence-electron chi connectivity index (χ1n) is 11.1. The number of nitrogens with zero attached hydrogens (tertiary/aromatic N) is 2. The van der Waals surface area contributed by atoms with Crippen molar-refractivity contribution in [2.75, 3.05) is 19.0 Å². The van der Waals surface area contributed by atoms with Crippen molar-refractivity contribution in [1.82, 2.24) is 15.2 Å². The minimum Gasteiger partial charge on any atom is -0.497 e. The van der Waals surface area contributed by atoms with Crippen LogP contribution in [0.25, 0.3) is 0 Å². The molecule has 0 saturated heterocycles. The number of aromatic nitrogens is 1. The average Bonchev–Trinajstić information content (AvgIpc) is 3.58. The van der Waals surface area contributed by atoms with Crippen LogP contribution in [0, 0.1) is 0 Å². The highest BCUT2D eigenvalue weighted by Crippen LogP contribution is 2.24. The summed E-state index contributed by atoms with van der Waals surface area (Å²) in [6, 6.07) is 20.7. The number of anilines is 2. The zero-order valence-electron chi connectivity index (χ0n) is 19.3. The Morgan fingerprint density at radius 3 is 2.71 bits per heavy atom. The number of rotatable bonds is 11. The van der Waals surface area contributed by atoms with Crippen LogP contribution in [0.4, 0.5) is 10.8 Å². The summed E-state index contributed by atoms with van der Waals surface area (Å²) < 4.78 is 10.5. The van der Waals surface area contributed by atoms with Gasteiger partial charge in [0.25, 0.3) is 5.91 Å². The van der Waals surface area contributed by atoms with Crippen molar-refractivity contribution in [3.63, 3.8) is 0 Å². The third-order valence-corrected chi connectivity index (χ3v) is 5.95. The molecule has 8 nitrogen and oxygen atoms in total. The number of hydrogen-bond donors (Lipinski definition) is 2. The van der Waals surface area contributed by atoms with Gasteiger partial charge in [0.2, 0.25) is 5.91 Å². The van der Waals surface area contributed by atoms with Gasteiger partial charge in [-0.1, -0.05) is 36.4 Å². The highest BCUT2D eigenvalue weighted by Gasteiger charge is 2.20. The normalized spacial score (nSPS) is 10.5. The van der Waals surface area contributed by atoms with Crippen LogP contribution in [0.15, 0.2) is 82.8 Å². The summed E-state index contributed by atoms with van der Waals surface area (Å²) >= 11 is 1.34. The maximum atomic E-state index is 13.3. The van der Waals surface area contributed by atoms with Crippen molar-refractivity contribution >= 4 is 34.0 Å². The lowest BCUT2D eigenvalue weighted by Gasteiger charge is -2.22. The van der Waals surface area contributed by atoms with E-state index in [9.17, 15) is 9.59 Å². The van der Waals surface area contributed by atoms with Crippen LogP contribution >= 0.6 is 11.3 Å². The van der Waals surface area contributed by atoms with Gasteiger partial charge in [-0.2, -0.15) is 0 Å². The molecule has 35 heavy (non-hydrogen) atoms. The number of carbonyl (C=O) groups is 2. The summed E-state index contributed by atoms with van der Waals surface area (Å²) in [4.78, 5) is 31.9. The van der Waals surface area contributed by atoms with Gasteiger partial charge in [-0.15, -0.1) is 11.3 Å². The third-order valence-electron chi connectivity index (χ3n) is 5.20. The van der Waals surface area contributed by atoms with E-state index in [1.165, 1.54) is 11.3 Å². The maximum Gasteiger partial charge on any atom is 0.273 e. The first-order chi connectivity index (χ1) is 17.1. The minimum atomic E-state index is -0.234. The van der Waals surface area contributed by atoms with E-state index in [1.54, 1.807) is 35.8 Å². The molecule has 4 aromatic rings. The standard InChI is InChI=1S/C26H26N4O4S/c1-33-21-10-5-9-20(15-21)28-26-29-23(18-35-26)25(32)30(17-19-7-3-2-4-8-19)13-12-24(31)27-16-22-11-6-14-34-22/h2-11,14-15,18H,12-13,16-17H2,1H3,(H,27,31)(H,28,29). The first-order valence-corrected chi connectivity index (χ1v) is 12.0. The molecule has 0 aliphatic rings. The fraction of sp³-hybridized carbons (Fsp3) is 0.192. The average molecular weight is 491 g/mol. The number of ether oxygens (including phenoxy) is 1. The fourth-order valence-electron chi connectivity index (χ4n) is 3.40. The molecule has 0 saturated carbocycles. The van der Waals surface area contributed by atoms with Crippen molar-refractivity contribution in [2.24, 2.45) is 0 Å². The Morgan fingerprint density at radius 1 is 1.09 bits per heavy atom. The van der Waals surface area contributed by atoms with E-state index in [0.29, 0.717) is 29.7 Å². The summed E-state index contributed by atoms with van der Waals surface area (Å²) in [6.07, 6.45) is 1.73.